The van der Waals surface area contributed by atoms with Gasteiger partial charge >= 0.3 is 12.5 Å². The molecule has 1 aromatic rings. The number of ether oxygens (including phenoxy) is 1. The monoisotopic (exact) mass is 282 g/mol. The molecule has 6 heteroatoms. The topological polar surface area (TPSA) is 9.23 Å². The van der Waals surface area contributed by atoms with Crippen LogP contribution in [-0.4, -0.2) is 18.4 Å². The van der Waals surface area contributed by atoms with Crippen LogP contribution in [0.4, 0.5) is 17.6 Å². The van der Waals surface area contributed by atoms with Gasteiger partial charge in [-0.25, -0.2) is 0 Å². The van der Waals surface area contributed by atoms with Gasteiger partial charge in [0.25, 0.3) is 0 Å². The molecule has 0 saturated heterocycles. The molecule has 1 nitrogen and oxygen atoms in total. The van der Waals surface area contributed by atoms with Gasteiger partial charge in [-0.3, -0.25) is 0 Å². The Morgan fingerprint density at radius 1 is 1.33 bits per heavy atom. The van der Waals surface area contributed by atoms with Crippen LogP contribution in [-0.2, 0) is 0 Å². The van der Waals surface area contributed by atoms with Gasteiger partial charge in [0, 0.05) is 5.88 Å². The van der Waals surface area contributed by atoms with Crippen LogP contribution in [0.25, 0.3) is 6.08 Å². The first kappa shape index (κ1) is 14.8. The van der Waals surface area contributed by atoms with Crippen LogP contribution in [0.3, 0.4) is 0 Å². The number of allylic oxidation sites excluding steroid dienone is 1. The summed E-state index contributed by atoms with van der Waals surface area (Å²) in [5.41, 5.74) is 0.572. The summed E-state index contributed by atoms with van der Waals surface area (Å²) >= 11 is 5.46. The van der Waals surface area contributed by atoms with Gasteiger partial charge in [-0.15, -0.1) is 11.6 Å². The van der Waals surface area contributed by atoms with Crippen molar-refractivity contribution in [3.05, 3.63) is 35.9 Å². The van der Waals surface area contributed by atoms with Gasteiger partial charge in [-0.1, -0.05) is 24.3 Å². The molecule has 0 bridgehead atoms. The fourth-order valence-corrected chi connectivity index (χ4v) is 1.29. The lowest BCUT2D eigenvalue weighted by Crippen LogP contribution is -2.33. The summed E-state index contributed by atoms with van der Waals surface area (Å²) in [6.45, 7) is 0. The van der Waals surface area contributed by atoms with Gasteiger partial charge in [-0.05, 0) is 24.1 Å². The first-order valence-corrected chi connectivity index (χ1v) is 5.66. The van der Waals surface area contributed by atoms with E-state index >= 15 is 0 Å². The lowest BCUT2D eigenvalue weighted by molar-refractivity contribution is -0.253. The Labute approximate surface area is 107 Å². The van der Waals surface area contributed by atoms with E-state index in [9.17, 15) is 17.6 Å². The third-order valence-electron chi connectivity index (χ3n) is 1.95. The quantitative estimate of drug-likeness (QED) is 0.549. The highest BCUT2D eigenvalue weighted by molar-refractivity contribution is 6.17. The van der Waals surface area contributed by atoms with Crippen LogP contribution >= 0.6 is 11.6 Å². The van der Waals surface area contributed by atoms with Crippen molar-refractivity contribution in [2.75, 3.05) is 5.88 Å². The van der Waals surface area contributed by atoms with Crippen molar-refractivity contribution < 1.29 is 22.3 Å². The zero-order chi connectivity index (χ0) is 13.6. The third kappa shape index (κ3) is 4.56. The van der Waals surface area contributed by atoms with Crippen molar-refractivity contribution in [3.8, 4) is 5.75 Å². The molecule has 0 unspecified atom stereocenters. The standard InChI is InChI=1S/C12H11ClF4O/c13-7-2-1-4-9-5-3-6-10(8-9)18-12(16,17)11(14)15/h1,3-6,8,11H,2,7H2. The van der Waals surface area contributed by atoms with Crippen molar-refractivity contribution in [2.45, 2.75) is 19.0 Å². The number of rotatable bonds is 6. The predicted molar refractivity (Wildman–Crippen MR) is 62.4 cm³/mol. The van der Waals surface area contributed by atoms with Crippen LogP contribution in [0.2, 0.25) is 0 Å². The third-order valence-corrected chi connectivity index (χ3v) is 2.17. The summed E-state index contributed by atoms with van der Waals surface area (Å²) in [6, 6.07) is 5.52. The normalized spacial score (nSPS) is 12.3. The maximum Gasteiger partial charge on any atom is 0.461 e. The molecule has 0 aliphatic carbocycles. The summed E-state index contributed by atoms with van der Waals surface area (Å²) in [6.07, 6.45) is -4.33. The first-order valence-electron chi connectivity index (χ1n) is 5.13. The molecule has 0 heterocycles. The molecule has 0 aromatic heterocycles. The van der Waals surface area contributed by atoms with E-state index in [-0.39, 0.29) is 5.75 Å². The number of hydrogen-bond donors (Lipinski definition) is 0. The van der Waals surface area contributed by atoms with Gasteiger partial charge in [-0.2, -0.15) is 17.6 Å². The maximum absolute atomic E-state index is 12.7. The summed E-state index contributed by atoms with van der Waals surface area (Å²) in [5, 5.41) is 0. The molecule has 18 heavy (non-hydrogen) atoms. The smallest absolute Gasteiger partial charge is 0.428 e. The molecule has 100 valence electrons. The van der Waals surface area contributed by atoms with Crippen LogP contribution in [0.1, 0.15) is 12.0 Å². The lowest BCUT2D eigenvalue weighted by Gasteiger charge is -2.16. The molecule has 0 amide bonds. The Bertz CT molecular complexity index is 407. The van der Waals surface area contributed by atoms with Crippen molar-refractivity contribution >= 4 is 17.7 Å². The summed E-state index contributed by atoms with van der Waals surface area (Å²) in [5.74, 6) is 0.129. The van der Waals surface area contributed by atoms with Crippen LogP contribution < -0.4 is 4.74 Å². The van der Waals surface area contributed by atoms with E-state index in [2.05, 4.69) is 4.74 Å². The molecule has 1 aromatic carbocycles. The van der Waals surface area contributed by atoms with Gasteiger partial charge in [0.2, 0.25) is 0 Å². The van der Waals surface area contributed by atoms with E-state index in [0.717, 1.165) is 0 Å². The molecule has 0 N–H and O–H groups in total. The second-order valence-corrected chi connectivity index (χ2v) is 3.80. The Balaban J connectivity index is 2.76. The van der Waals surface area contributed by atoms with Crippen molar-refractivity contribution in [2.24, 2.45) is 0 Å². The van der Waals surface area contributed by atoms with Gasteiger partial charge in [0.15, 0.2) is 0 Å². The van der Waals surface area contributed by atoms with Gasteiger partial charge in [0.1, 0.15) is 5.75 Å². The summed E-state index contributed by atoms with van der Waals surface area (Å²) in [7, 11) is 0. The highest BCUT2D eigenvalue weighted by Crippen LogP contribution is 2.28. The molecule has 0 radical (unpaired) electrons. The molecule has 0 aliphatic rings. The van der Waals surface area contributed by atoms with E-state index in [0.29, 0.717) is 17.9 Å². The van der Waals surface area contributed by atoms with E-state index in [1.165, 1.54) is 18.2 Å². The van der Waals surface area contributed by atoms with Crippen molar-refractivity contribution in [1.29, 1.82) is 0 Å². The minimum Gasteiger partial charge on any atom is -0.428 e. The first-order chi connectivity index (χ1) is 8.45. The second kappa shape index (κ2) is 6.64. The van der Waals surface area contributed by atoms with E-state index in [1.807, 2.05) is 0 Å². The minimum atomic E-state index is -4.49. The molecular formula is C12H11ClF4O. The Morgan fingerprint density at radius 2 is 2.06 bits per heavy atom. The fraction of sp³-hybridized carbons (Fsp3) is 0.333. The van der Waals surface area contributed by atoms with Gasteiger partial charge in [0.05, 0.1) is 0 Å². The van der Waals surface area contributed by atoms with Crippen LogP contribution in [0.15, 0.2) is 30.3 Å². The minimum absolute atomic E-state index is 0.312. The highest BCUT2D eigenvalue weighted by Gasteiger charge is 2.43. The average molecular weight is 283 g/mol. The van der Waals surface area contributed by atoms with E-state index in [4.69, 9.17) is 11.6 Å². The van der Waals surface area contributed by atoms with E-state index in [1.54, 1.807) is 18.2 Å². The molecule has 0 spiro atoms. The summed E-state index contributed by atoms with van der Waals surface area (Å²) < 4.78 is 53.2. The fourth-order valence-electron chi connectivity index (χ4n) is 1.17. The van der Waals surface area contributed by atoms with Gasteiger partial charge < -0.3 is 4.74 Å². The highest BCUT2D eigenvalue weighted by atomic mass is 35.5. The number of halogens is 5. The zero-order valence-electron chi connectivity index (χ0n) is 9.25. The van der Waals surface area contributed by atoms with Crippen molar-refractivity contribution in [3.63, 3.8) is 0 Å². The Kier molecular flexibility index (Phi) is 5.47. The molecule has 0 saturated carbocycles. The number of alkyl halides is 5. The SMILES string of the molecule is FC(F)C(F)(F)Oc1cccc(C=CCCCl)c1. The average Bonchev–Trinajstić information content (AvgIpc) is 2.29. The van der Waals surface area contributed by atoms with E-state index < -0.39 is 12.5 Å². The molecular weight excluding hydrogens is 272 g/mol. The Morgan fingerprint density at radius 3 is 2.67 bits per heavy atom. The number of hydrogen-bond acceptors (Lipinski definition) is 1. The van der Waals surface area contributed by atoms with Crippen LogP contribution in [0, 0.1) is 0 Å². The Hall–Kier alpha value is -1.23. The van der Waals surface area contributed by atoms with Crippen LogP contribution in [0.5, 0.6) is 5.75 Å². The molecule has 0 fully saturated rings. The second-order valence-electron chi connectivity index (χ2n) is 3.42. The lowest BCUT2D eigenvalue weighted by atomic mass is 10.2. The summed E-state index contributed by atoms with van der Waals surface area (Å²) in [4.78, 5) is 0. The maximum atomic E-state index is 12.7. The predicted octanol–water partition coefficient (Wildman–Crippen LogP) is 4.57. The largest absolute Gasteiger partial charge is 0.461 e. The molecule has 1 rings (SSSR count). The number of benzene rings is 1. The zero-order valence-corrected chi connectivity index (χ0v) is 10.0. The molecule has 0 aliphatic heterocycles. The molecule has 0 atom stereocenters. The van der Waals surface area contributed by atoms with Crippen molar-refractivity contribution in [1.82, 2.24) is 0 Å².